The van der Waals surface area contributed by atoms with Crippen molar-refractivity contribution in [3.63, 3.8) is 0 Å². The molecule has 2 N–H and O–H groups in total. The molecule has 0 amide bonds. The van der Waals surface area contributed by atoms with Gasteiger partial charge in [-0.15, -0.1) is 0 Å². The number of hydrogen-bond donors (Lipinski definition) is 2. The lowest BCUT2D eigenvalue weighted by Crippen LogP contribution is -2.42. The Hall–Kier alpha value is -1.49. The van der Waals surface area contributed by atoms with Gasteiger partial charge in [-0.05, 0) is 37.8 Å². The monoisotopic (exact) mass is 239 g/mol. The van der Waals surface area contributed by atoms with Gasteiger partial charge in [-0.25, -0.2) is 4.39 Å². The van der Waals surface area contributed by atoms with Crippen molar-refractivity contribution < 1.29 is 19.4 Å². The molecule has 17 heavy (non-hydrogen) atoms. The molecular weight excluding hydrogens is 225 g/mol. The molecule has 0 spiro atoms. The third-order valence-electron chi connectivity index (χ3n) is 3.43. The first-order valence-corrected chi connectivity index (χ1v) is 5.59. The zero-order valence-corrected chi connectivity index (χ0v) is 9.27. The van der Waals surface area contributed by atoms with Crippen LogP contribution in [0.25, 0.3) is 0 Å². The summed E-state index contributed by atoms with van der Waals surface area (Å²) < 4.78 is 13.7. The molecule has 0 aromatic carbocycles. The highest BCUT2D eigenvalue weighted by molar-refractivity contribution is 5.81. The first-order valence-electron chi connectivity index (χ1n) is 5.59. The van der Waals surface area contributed by atoms with Crippen LogP contribution in [0.3, 0.4) is 0 Å². The van der Waals surface area contributed by atoms with Crippen molar-refractivity contribution >= 4 is 5.97 Å². The highest BCUT2D eigenvalue weighted by Crippen LogP contribution is 2.39. The van der Waals surface area contributed by atoms with Crippen LogP contribution in [-0.4, -0.2) is 27.3 Å². The van der Waals surface area contributed by atoms with E-state index in [9.17, 15) is 19.4 Å². The summed E-state index contributed by atoms with van der Waals surface area (Å²) in [7, 11) is 0. The molecule has 1 aliphatic rings. The fraction of sp³-hybridized carbons (Fsp3) is 0.500. The molecule has 1 aromatic rings. The fourth-order valence-corrected chi connectivity index (χ4v) is 2.39. The number of aliphatic hydroxyl groups is 1. The van der Waals surface area contributed by atoms with Crippen molar-refractivity contribution in [2.45, 2.75) is 37.2 Å². The lowest BCUT2D eigenvalue weighted by Gasteiger charge is -2.34. The molecule has 0 unspecified atom stereocenters. The SMILES string of the molecule is O=C(O)C1(c2ncccc2F)CCC(O)CC1. The molecule has 4 nitrogen and oxygen atoms in total. The number of halogens is 1. The van der Waals surface area contributed by atoms with Crippen LogP contribution in [0.15, 0.2) is 18.3 Å². The smallest absolute Gasteiger partial charge is 0.315 e. The molecule has 0 saturated heterocycles. The third kappa shape index (κ3) is 2.02. The molecule has 92 valence electrons. The lowest BCUT2D eigenvalue weighted by molar-refractivity contribution is -0.146. The average molecular weight is 239 g/mol. The molecule has 0 atom stereocenters. The number of carboxylic acid groups (broad SMARTS) is 1. The number of carbonyl (C=O) groups is 1. The van der Waals surface area contributed by atoms with E-state index in [-0.39, 0.29) is 18.5 Å². The summed E-state index contributed by atoms with van der Waals surface area (Å²) in [6.45, 7) is 0. The molecule has 0 aliphatic heterocycles. The van der Waals surface area contributed by atoms with Gasteiger partial charge in [0.25, 0.3) is 0 Å². The van der Waals surface area contributed by atoms with Crippen molar-refractivity contribution in [2.24, 2.45) is 0 Å². The molecule has 1 aromatic heterocycles. The second-order valence-corrected chi connectivity index (χ2v) is 4.45. The van der Waals surface area contributed by atoms with Gasteiger partial charge < -0.3 is 10.2 Å². The summed E-state index contributed by atoms with van der Waals surface area (Å²) in [4.78, 5) is 15.3. The maximum absolute atomic E-state index is 13.7. The van der Waals surface area contributed by atoms with Gasteiger partial charge in [-0.2, -0.15) is 0 Å². The summed E-state index contributed by atoms with van der Waals surface area (Å²) in [6, 6.07) is 2.66. The molecule has 0 radical (unpaired) electrons. The zero-order valence-electron chi connectivity index (χ0n) is 9.27. The van der Waals surface area contributed by atoms with E-state index in [0.717, 1.165) is 0 Å². The summed E-state index contributed by atoms with van der Waals surface area (Å²) >= 11 is 0. The van der Waals surface area contributed by atoms with Crippen LogP contribution in [0, 0.1) is 5.82 Å². The molecule has 1 fully saturated rings. The topological polar surface area (TPSA) is 70.4 Å². The predicted molar refractivity (Wildman–Crippen MR) is 58.0 cm³/mol. The van der Waals surface area contributed by atoms with E-state index in [1.807, 2.05) is 0 Å². The minimum atomic E-state index is -1.29. The summed E-state index contributed by atoms with van der Waals surface area (Å²) in [6.07, 6.45) is 2.07. The lowest BCUT2D eigenvalue weighted by atomic mass is 9.70. The van der Waals surface area contributed by atoms with Crippen molar-refractivity contribution in [1.29, 1.82) is 0 Å². The first-order chi connectivity index (χ1) is 8.06. The molecule has 1 aliphatic carbocycles. The molecule has 2 rings (SSSR count). The van der Waals surface area contributed by atoms with Gasteiger partial charge in [0.1, 0.15) is 11.2 Å². The maximum Gasteiger partial charge on any atom is 0.315 e. The molecule has 1 heterocycles. The minimum Gasteiger partial charge on any atom is -0.481 e. The number of aliphatic hydroxyl groups excluding tert-OH is 1. The van der Waals surface area contributed by atoms with Crippen molar-refractivity contribution in [2.75, 3.05) is 0 Å². The van der Waals surface area contributed by atoms with Crippen LogP contribution in [0.4, 0.5) is 4.39 Å². The van der Waals surface area contributed by atoms with Gasteiger partial charge in [0.15, 0.2) is 0 Å². The summed E-state index contributed by atoms with van der Waals surface area (Å²) in [5.41, 5.74) is -1.30. The van der Waals surface area contributed by atoms with Gasteiger partial charge in [0, 0.05) is 6.20 Å². The second kappa shape index (κ2) is 4.41. The molecule has 5 heteroatoms. The number of hydrogen-bond acceptors (Lipinski definition) is 3. The Kier molecular flexibility index (Phi) is 3.11. The number of carboxylic acids is 1. The number of aromatic nitrogens is 1. The number of pyridine rings is 1. The van der Waals surface area contributed by atoms with Crippen LogP contribution >= 0.6 is 0 Å². The van der Waals surface area contributed by atoms with E-state index in [2.05, 4.69) is 4.98 Å². The van der Waals surface area contributed by atoms with E-state index in [0.29, 0.717) is 12.8 Å². The fourth-order valence-electron chi connectivity index (χ4n) is 2.39. The van der Waals surface area contributed by atoms with Gasteiger partial charge in [0.2, 0.25) is 0 Å². The Bertz CT molecular complexity index is 428. The Balaban J connectivity index is 2.42. The standard InChI is InChI=1S/C12H14FNO3/c13-9-2-1-7-14-10(9)12(11(16)17)5-3-8(15)4-6-12/h1-2,7-8,15H,3-6H2,(H,16,17). The summed E-state index contributed by atoms with van der Waals surface area (Å²) in [5.74, 6) is -1.66. The minimum absolute atomic E-state index is 0.0144. The van der Waals surface area contributed by atoms with Crippen LogP contribution < -0.4 is 0 Å². The Morgan fingerprint density at radius 2 is 2.12 bits per heavy atom. The van der Waals surface area contributed by atoms with E-state index >= 15 is 0 Å². The number of rotatable bonds is 2. The number of nitrogens with zero attached hydrogens (tertiary/aromatic N) is 1. The maximum atomic E-state index is 13.7. The number of aliphatic carboxylic acids is 1. The van der Waals surface area contributed by atoms with Crippen molar-refractivity contribution in [1.82, 2.24) is 4.98 Å². The van der Waals surface area contributed by atoms with Gasteiger partial charge in [0.05, 0.1) is 11.8 Å². The first kappa shape index (κ1) is 12.0. The van der Waals surface area contributed by atoms with Crippen molar-refractivity contribution in [3.05, 3.63) is 29.8 Å². The quantitative estimate of drug-likeness (QED) is 0.820. The van der Waals surface area contributed by atoms with Gasteiger partial charge in [-0.1, -0.05) is 0 Å². The summed E-state index contributed by atoms with van der Waals surface area (Å²) in [5, 5.41) is 18.8. The third-order valence-corrected chi connectivity index (χ3v) is 3.43. The van der Waals surface area contributed by atoms with Gasteiger partial charge >= 0.3 is 5.97 Å². The predicted octanol–water partition coefficient (Wildman–Crippen LogP) is 1.48. The van der Waals surface area contributed by atoms with Crippen LogP contribution in [0.1, 0.15) is 31.4 Å². The Morgan fingerprint density at radius 3 is 2.65 bits per heavy atom. The van der Waals surface area contributed by atoms with E-state index in [4.69, 9.17) is 0 Å². The van der Waals surface area contributed by atoms with E-state index in [1.165, 1.54) is 18.3 Å². The van der Waals surface area contributed by atoms with Crippen LogP contribution in [-0.2, 0) is 10.2 Å². The average Bonchev–Trinajstić information content (AvgIpc) is 2.31. The molecule has 0 bridgehead atoms. The largest absolute Gasteiger partial charge is 0.481 e. The van der Waals surface area contributed by atoms with Crippen LogP contribution in [0.5, 0.6) is 0 Å². The zero-order chi connectivity index (χ0) is 12.5. The van der Waals surface area contributed by atoms with Crippen molar-refractivity contribution in [3.8, 4) is 0 Å². The van der Waals surface area contributed by atoms with E-state index in [1.54, 1.807) is 0 Å². The van der Waals surface area contributed by atoms with Crippen LogP contribution in [0.2, 0.25) is 0 Å². The Morgan fingerprint density at radius 1 is 1.47 bits per heavy atom. The molecule has 1 saturated carbocycles. The highest BCUT2D eigenvalue weighted by atomic mass is 19.1. The van der Waals surface area contributed by atoms with Gasteiger partial charge in [-0.3, -0.25) is 9.78 Å². The highest BCUT2D eigenvalue weighted by Gasteiger charge is 2.46. The second-order valence-electron chi connectivity index (χ2n) is 4.45. The van der Waals surface area contributed by atoms with E-state index < -0.39 is 23.3 Å². The Labute approximate surface area is 98.1 Å². The normalized spacial score (nSPS) is 28.9. The molecular formula is C12H14FNO3.